The Balaban J connectivity index is 2.30. The molecule has 0 amide bonds. The molecule has 0 aliphatic rings. The zero-order chi connectivity index (χ0) is 11.5. The molecule has 2 aromatic rings. The highest BCUT2D eigenvalue weighted by Gasteiger charge is 2.02. The van der Waals surface area contributed by atoms with Crippen molar-refractivity contribution < 1.29 is 0 Å². The Bertz CT molecular complexity index is 486. The van der Waals surface area contributed by atoms with Gasteiger partial charge in [-0.3, -0.25) is 0 Å². The van der Waals surface area contributed by atoms with Crippen LogP contribution in [0.4, 0.5) is 0 Å². The Morgan fingerprint density at radius 3 is 2.19 bits per heavy atom. The summed E-state index contributed by atoms with van der Waals surface area (Å²) < 4.78 is 0. The molecule has 0 nitrogen and oxygen atoms in total. The fourth-order valence-electron chi connectivity index (χ4n) is 1.65. The molecule has 2 aromatic carbocycles. The zero-order valence-corrected chi connectivity index (χ0v) is 10.9. The van der Waals surface area contributed by atoms with Gasteiger partial charge in [-0.2, -0.15) is 0 Å². The second kappa shape index (κ2) is 4.94. The van der Waals surface area contributed by atoms with Crippen LogP contribution in [-0.4, -0.2) is 0 Å². The molecular weight excluding hydrogens is 236 g/mol. The third-order valence-electron chi connectivity index (χ3n) is 2.26. The van der Waals surface area contributed by atoms with Crippen molar-refractivity contribution in [1.82, 2.24) is 0 Å². The van der Waals surface area contributed by atoms with Crippen molar-refractivity contribution in [2.45, 2.75) is 23.6 Å². The van der Waals surface area contributed by atoms with Crippen LogP contribution in [0.15, 0.2) is 52.3 Å². The molecule has 0 spiro atoms. The maximum atomic E-state index is 6.13. The van der Waals surface area contributed by atoms with Gasteiger partial charge in [-0.05, 0) is 49.2 Å². The molecule has 2 rings (SSSR count). The monoisotopic (exact) mass is 248 g/mol. The third-order valence-corrected chi connectivity index (χ3v) is 3.75. The Labute approximate surface area is 106 Å². The van der Waals surface area contributed by atoms with Crippen LogP contribution in [-0.2, 0) is 0 Å². The first-order valence-electron chi connectivity index (χ1n) is 5.16. The van der Waals surface area contributed by atoms with Crippen LogP contribution in [0.5, 0.6) is 0 Å². The van der Waals surface area contributed by atoms with Gasteiger partial charge < -0.3 is 0 Å². The minimum absolute atomic E-state index is 0.812. The van der Waals surface area contributed by atoms with Crippen LogP contribution < -0.4 is 0 Å². The summed E-state index contributed by atoms with van der Waals surface area (Å²) in [6.45, 7) is 4.23. The van der Waals surface area contributed by atoms with Gasteiger partial charge in [0.1, 0.15) is 0 Å². The summed E-state index contributed by atoms with van der Waals surface area (Å²) in [7, 11) is 0. The maximum Gasteiger partial charge on any atom is 0.0545 e. The molecule has 0 fully saturated rings. The first-order valence-corrected chi connectivity index (χ1v) is 6.35. The number of halogens is 1. The summed E-state index contributed by atoms with van der Waals surface area (Å²) in [5.74, 6) is 0. The number of benzene rings is 2. The van der Waals surface area contributed by atoms with E-state index < -0.39 is 0 Å². The van der Waals surface area contributed by atoms with Gasteiger partial charge in [-0.25, -0.2) is 0 Å². The van der Waals surface area contributed by atoms with E-state index in [1.54, 1.807) is 11.8 Å². The highest BCUT2D eigenvalue weighted by molar-refractivity contribution is 7.99. The van der Waals surface area contributed by atoms with E-state index in [-0.39, 0.29) is 0 Å². The Kier molecular flexibility index (Phi) is 3.57. The first kappa shape index (κ1) is 11.6. The van der Waals surface area contributed by atoms with Gasteiger partial charge in [0.2, 0.25) is 0 Å². The lowest BCUT2D eigenvalue weighted by Crippen LogP contribution is -1.80. The molecule has 0 aliphatic carbocycles. The normalized spacial score (nSPS) is 10.4. The van der Waals surface area contributed by atoms with Crippen LogP contribution in [0.2, 0.25) is 5.02 Å². The Morgan fingerprint density at radius 1 is 0.938 bits per heavy atom. The second-order valence-electron chi connectivity index (χ2n) is 3.86. The number of aryl methyl sites for hydroxylation is 2. The van der Waals surface area contributed by atoms with Crippen LogP contribution in [0.25, 0.3) is 0 Å². The van der Waals surface area contributed by atoms with E-state index >= 15 is 0 Å². The summed E-state index contributed by atoms with van der Waals surface area (Å²) in [6.07, 6.45) is 0. The lowest BCUT2D eigenvalue weighted by molar-refractivity contribution is 1.29. The molecule has 0 atom stereocenters. The maximum absolute atomic E-state index is 6.13. The summed E-state index contributed by atoms with van der Waals surface area (Å²) in [4.78, 5) is 2.35. The molecule has 16 heavy (non-hydrogen) atoms. The highest BCUT2D eigenvalue weighted by Crippen LogP contribution is 2.33. The number of hydrogen-bond donors (Lipinski definition) is 0. The van der Waals surface area contributed by atoms with Crippen molar-refractivity contribution in [3.05, 3.63) is 58.6 Å². The van der Waals surface area contributed by atoms with E-state index in [0.29, 0.717) is 0 Å². The van der Waals surface area contributed by atoms with E-state index in [1.807, 2.05) is 24.3 Å². The lowest BCUT2D eigenvalue weighted by Gasteiger charge is -2.06. The lowest BCUT2D eigenvalue weighted by atomic mass is 10.2. The molecule has 0 N–H and O–H groups in total. The molecular formula is C14H13ClS. The second-order valence-corrected chi connectivity index (χ2v) is 5.38. The van der Waals surface area contributed by atoms with Gasteiger partial charge in [0.05, 0.1) is 5.02 Å². The molecule has 82 valence electrons. The van der Waals surface area contributed by atoms with E-state index in [4.69, 9.17) is 11.6 Å². The third kappa shape index (κ3) is 2.81. The average Bonchev–Trinajstić information content (AvgIpc) is 2.20. The highest BCUT2D eigenvalue weighted by atomic mass is 35.5. The molecule has 0 bridgehead atoms. The molecule has 0 radical (unpaired) electrons. The standard InChI is InChI=1S/C14H13ClS/c1-10-7-11(2)9-12(8-10)16-14-6-4-3-5-13(14)15/h3-9H,1-2H3. The van der Waals surface area contributed by atoms with Crippen molar-refractivity contribution in [3.8, 4) is 0 Å². The van der Waals surface area contributed by atoms with Crippen LogP contribution >= 0.6 is 23.4 Å². The Hall–Kier alpha value is -0.920. The van der Waals surface area contributed by atoms with Crippen LogP contribution in [0, 0.1) is 13.8 Å². The van der Waals surface area contributed by atoms with Crippen molar-refractivity contribution >= 4 is 23.4 Å². The predicted octanol–water partition coefficient (Wildman–Crippen LogP) is 5.11. The number of hydrogen-bond acceptors (Lipinski definition) is 1. The van der Waals surface area contributed by atoms with Gasteiger partial charge in [0.25, 0.3) is 0 Å². The molecule has 0 aliphatic heterocycles. The zero-order valence-electron chi connectivity index (χ0n) is 9.33. The summed E-state index contributed by atoms with van der Waals surface area (Å²) >= 11 is 7.84. The smallest absolute Gasteiger partial charge is 0.0545 e. The quantitative estimate of drug-likeness (QED) is 0.712. The summed E-state index contributed by atoms with van der Waals surface area (Å²) in [6, 6.07) is 14.5. The van der Waals surface area contributed by atoms with Crippen LogP contribution in [0.1, 0.15) is 11.1 Å². The summed E-state index contributed by atoms with van der Waals surface area (Å²) in [5.41, 5.74) is 2.57. The first-order chi connectivity index (χ1) is 7.65. The van der Waals surface area contributed by atoms with Crippen molar-refractivity contribution in [3.63, 3.8) is 0 Å². The van der Waals surface area contributed by atoms with Gasteiger partial charge >= 0.3 is 0 Å². The van der Waals surface area contributed by atoms with Crippen molar-refractivity contribution in [2.75, 3.05) is 0 Å². The largest absolute Gasteiger partial charge is 0.0885 e. The average molecular weight is 249 g/mol. The van der Waals surface area contributed by atoms with Gasteiger partial charge in [0.15, 0.2) is 0 Å². The Morgan fingerprint density at radius 2 is 1.56 bits per heavy atom. The van der Waals surface area contributed by atoms with E-state index in [9.17, 15) is 0 Å². The van der Waals surface area contributed by atoms with Gasteiger partial charge in [-0.1, -0.05) is 41.6 Å². The molecule has 2 heteroatoms. The van der Waals surface area contributed by atoms with E-state index in [2.05, 4.69) is 32.0 Å². The summed E-state index contributed by atoms with van der Waals surface area (Å²) in [5, 5.41) is 0.812. The molecule has 0 heterocycles. The van der Waals surface area contributed by atoms with E-state index in [1.165, 1.54) is 16.0 Å². The SMILES string of the molecule is Cc1cc(C)cc(Sc2ccccc2Cl)c1. The van der Waals surface area contributed by atoms with Crippen molar-refractivity contribution in [2.24, 2.45) is 0 Å². The number of rotatable bonds is 2. The molecule has 0 unspecified atom stereocenters. The fourth-order valence-corrected chi connectivity index (χ4v) is 2.95. The molecule has 0 saturated heterocycles. The fraction of sp³-hybridized carbons (Fsp3) is 0.143. The van der Waals surface area contributed by atoms with Crippen molar-refractivity contribution in [1.29, 1.82) is 0 Å². The minimum Gasteiger partial charge on any atom is -0.0885 e. The molecule has 0 saturated carbocycles. The topological polar surface area (TPSA) is 0 Å². The van der Waals surface area contributed by atoms with Gasteiger partial charge in [-0.15, -0.1) is 0 Å². The van der Waals surface area contributed by atoms with Gasteiger partial charge in [0, 0.05) is 9.79 Å². The van der Waals surface area contributed by atoms with Crippen LogP contribution in [0.3, 0.4) is 0 Å². The molecule has 0 aromatic heterocycles. The van der Waals surface area contributed by atoms with E-state index in [0.717, 1.165) is 9.92 Å². The predicted molar refractivity (Wildman–Crippen MR) is 71.5 cm³/mol. The minimum atomic E-state index is 0.812.